The van der Waals surface area contributed by atoms with E-state index in [9.17, 15) is 18.8 Å². The van der Waals surface area contributed by atoms with Crippen molar-refractivity contribution in [2.75, 3.05) is 5.32 Å². The molecule has 1 heterocycles. The van der Waals surface area contributed by atoms with E-state index in [4.69, 9.17) is 5.11 Å². The Kier molecular flexibility index (Phi) is 6.58. The molecule has 2 aromatic rings. The predicted molar refractivity (Wildman–Crippen MR) is 112 cm³/mol. The highest BCUT2D eigenvalue weighted by atomic mass is 32.2. The third-order valence-electron chi connectivity index (χ3n) is 4.12. The molecule has 8 nitrogen and oxygen atoms in total. The first-order chi connectivity index (χ1) is 14.3. The van der Waals surface area contributed by atoms with E-state index >= 15 is 0 Å². The molecule has 0 spiro atoms. The van der Waals surface area contributed by atoms with Crippen molar-refractivity contribution in [3.63, 3.8) is 0 Å². The molecule has 1 aliphatic rings. The van der Waals surface area contributed by atoms with Gasteiger partial charge in [0, 0.05) is 12.1 Å². The molecule has 0 aliphatic carbocycles. The van der Waals surface area contributed by atoms with Crippen LogP contribution >= 0.6 is 11.8 Å². The maximum atomic E-state index is 13.0. The molecule has 1 saturated heterocycles. The third kappa shape index (κ3) is 5.51. The number of carboxylic acid groups (broad SMARTS) is 1. The van der Waals surface area contributed by atoms with Gasteiger partial charge in [-0.15, -0.1) is 5.10 Å². The van der Waals surface area contributed by atoms with Gasteiger partial charge in [0.1, 0.15) is 11.1 Å². The molecule has 0 saturated carbocycles. The van der Waals surface area contributed by atoms with Crippen LogP contribution < -0.4 is 10.6 Å². The quantitative estimate of drug-likeness (QED) is 0.500. The molecule has 0 radical (unpaired) electrons. The Morgan fingerprint density at radius 2 is 1.77 bits per heavy atom. The summed E-state index contributed by atoms with van der Waals surface area (Å²) < 4.78 is 13.0. The number of thioether (sulfide) groups is 1. The number of amides is 2. The number of carbonyl (C=O) groups is 3. The average molecular weight is 428 g/mol. The van der Waals surface area contributed by atoms with Crippen LogP contribution in [-0.2, 0) is 9.59 Å². The average Bonchev–Trinajstić information content (AvgIpc) is 2.72. The van der Waals surface area contributed by atoms with Crippen LogP contribution in [-0.4, -0.2) is 39.0 Å². The topological polar surface area (TPSA) is 120 Å². The number of nitrogens with zero attached hydrogens (tertiary/aromatic N) is 2. The van der Waals surface area contributed by atoms with Crippen molar-refractivity contribution in [2.45, 2.75) is 18.6 Å². The number of aromatic carboxylic acids is 1. The molecule has 0 aromatic heterocycles. The summed E-state index contributed by atoms with van der Waals surface area (Å²) in [6.07, 6.45) is -0.0383. The lowest BCUT2D eigenvalue weighted by molar-refractivity contribution is -0.123. The number of rotatable bonds is 5. The molecule has 30 heavy (non-hydrogen) atoms. The van der Waals surface area contributed by atoms with Gasteiger partial charge in [-0.25, -0.2) is 9.18 Å². The zero-order valence-corrected chi connectivity index (χ0v) is 16.6. The van der Waals surface area contributed by atoms with Gasteiger partial charge in [-0.1, -0.05) is 23.9 Å². The van der Waals surface area contributed by atoms with Gasteiger partial charge in [0.25, 0.3) is 0 Å². The molecule has 3 N–H and O–H groups in total. The number of halogens is 1. The van der Waals surface area contributed by atoms with Crippen molar-refractivity contribution >= 4 is 46.1 Å². The summed E-state index contributed by atoms with van der Waals surface area (Å²) >= 11 is 1.06. The minimum atomic E-state index is -1.07. The molecule has 2 aromatic carbocycles. The summed E-state index contributed by atoms with van der Waals surface area (Å²) in [5.41, 5.74) is 1.71. The molecule has 1 unspecified atom stereocenters. The summed E-state index contributed by atoms with van der Waals surface area (Å²) in [6.45, 7) is 1.69. The fourth-order valence-electron chi connectivity index (χ4n) is 2.53. The number of nitrogens with one attached hydrogen (secondary N) is 2. The lowest BCUT2D eigenvalue weighted by Gasteiger charge is -2.21. The van der Waals surface area contributed by atoms with Gasteiger partial charge < -0.3 is 15.7 Å². The second-order valence-electron chi connectivity index (χ2n) is 6.33. The summed E-state index contributed by atoms with van der Waals surface area (Å²) in [5.74, 6) is -2.21. The lowest BCUT2D eigenvalue weighted by atomic mass is 10.1. The van der Waals surface area contributed by atoms with Gasteiger partial charge in [0.05, 0.1) is 11.3 Å². The van der Waals surface area contributed by atoms with Crippen LogP contribution in [0.5, 0.6) is 0 Å². The second-order valence-corrected chi connectivity index (χ2v) is 7.52. The van der Waals surface area contributed by atoms with Crippen molar-refractivity contribution < 1.29 is 23.9 Å². The number of carboxylic acids is 1. The maximum absolute atomic E-state index is 13.0. The monoisotopic (exact) mass is 428 g/mol. The molecule has 3 rings (SSSR count). The van der Waals surface area contributed by atoms with E-state index in [2.05, 4.69) is 20.8 Å². The summed E-state index contributed by atoms with van der Waals surface area (Å²) in [5, 5.41) is 21.6. The van der Waals surface area contributed by atoms with Gasteiger partial charge in [-0.05, 0) is 48.9 Å². The number of amidine groups is 1. The Labute approximate surface area is 175 Å². The first-order valence-corrected chi connectivity index (χ1v) is 9.68. The van der Waals surface area contributed by atoms with Crippen molar-refractivity contribution in [1.29, 1.82) is 0 Å². The molecule has 1 atom stereocenters. The van der Waals surface area contributed by atoms with Crippen LogP contribution in [0.3, 0.4) is 0 Å². The maximum Gasteiger partial charge on any atom is 0.335 e. The molecule has 10 heteroatoms. The Bertz CT molecular complexity index is 1040. The molecular weight excluding hydrogens is 411 g/mol. The van der Waals surface area contributed by atoms with Gasteiger partial charge in [-0.3, -0.25) is 9.59 Å². The van der Waals surface area contributed by atoms with Crippen LogP contribution in [0, 0.1) is 5.82 Å². The highest BCUT2D eigenvalue weighted by Crippen LogP contribution is 2.23. The van der Waals surface area contributed by atoms with Crippen molar-refractivity contribution in [3.05, 3.63) is 65.5 Å². The fourth-order valence-corrected chi connectivity index (χ4v) is 3.46. The summed E-state index contributed by atoms with van der Waals surface area (Å²) in [6, 6.07) is 11.4. The highest BCUT2D eigenvalue weighted by molar-refractivity contribution is 8.15. The smallest absolute Gasteiger partial charge is 0.335 e. The van der Waals surface area contributed by atoms with E-state index < -0.39 is 17.1 Å². The Hall–Kier alpha value is -3.53. The Balaban J connectivity index is 1.68. The van der Waals surface area contributed by atoms with Crippen LogP contribution in [0.2, 0.25) is 0 Å². The van der Waals surface area contributed by atoms with E-state index in [1.165, 1.54) is 36.4 Å². The molecule has 2 amide bonds. The summed E-state index contributed by atoms with van der Waals surface area (Å²) in [4.78, 5) is 35.4. The van der Waals surface area contributed by atoms with E-state index in [0.29, 0.717) is 17.0 Å². The van der Waals surface area contributed by atoms with Crippen molar-refractivity contribution in [1.82, 2.24) is 5.32 Å². The van der Waals surface area contributed by atoms with Crippen LogP contribution in [0.25, 0.3) is 0 Å². The zero-order chi connectivity index (χ0) is 21.7. The first kappa shape index (κ1) is 21.2. The van der Waals surface area contributed by atoms with E-state index in [1.807, 2.05) is 0 Å². The molecule has 1 fully saturated rings. The lowest BCUT2D eigenvalue weighted by Crippen LogP contribution is -2.41. The summed E-state index contributed by atoms with van der Waals surface area (Å²) in [7, 11) is 0. The van der Waals surface area contributed by atoms with Gasteiger partial charge >= 0.3 is 5.97 Å². The number of anilines is 1. The van der Waals surface area contributed by atoms with E-state index in [-0.39, 0.29) is 28.9 Å². The van der Waals surface area contributed by atoms with Gasteiger partial charge in [0.2, 0.25) is 11.8 Å². The molecule has 0 bridgehead atoms. The second kappa shape index (κ2) is 9.31. The number of benzene rings is 2. The zero-order valence-electron chi connectivity index (χ0n) is 15.8. The fraction of sp³-hybridized carbons (Fsp3) is 0.150. The highest BCUT2D eigenvalue weighted by Gasteiger charge is 2.30. The Morgan fingerprint density at radius 3 is 2.40 bits per heavy atom. The van der Waals surface area contributed by atoms with E-state index in [0.717, 1.165) is 11.8 Å². The first-order valence-electron chi connectivity index (χ1n) is 8.81. The standard InChI is InChI=1S/C20H17FN4O4S/c1-11(12-2-6-14(21)7-3-12)24-25-20-23-17(26)10-16(30-20)18(27)22-15-8-4-13(5-9-15)19(28)29/h2-9,16H,10H2,1H3,(H,22,27)(H,28,29)(H,23,25,26). The van der Waals surface area contributed by atoms with Crippen LogP contribution in [0.15, 0.2) is 58.7 Å². The predicted octanol–water partition coefficient (Wildman–Crippen LogP) is 2.86. The van der Waals surface area contributed by atoms with Crippen LogP contribution in [0.1, 0.15) is 29.3 Å². The normalized spacial score (nSPS) is 18.1. The molecular formula is C20H17FN4O4S. The number of hydrogen-bond donors (Lipinski definition) is 3. The number of carbonyl (C=O) groups excluding carboxylic acids is 2. The van der Waals surface area contributed by atoms with Gasteiger partial charge in [-0.2, -0.15) is 5.10 Å². The molecule has 154 valence electrons. The van der Waals surface area contributed by atoms with Gasteiger partial charge in [0.15, 0.2) is 5.17 Å². The Morgan fingerprint density at radius 1 is 1.13 bits per heavy atom. The largest absolute Gasteiger partial charge is 0.478 e. The van der Waals surface area contributed by atoms with E-state index in [1.54, 1.807) is 19.1 Å². The minimum Gasteiger partial charge on any atom is -0.478 e. The SMILES string of the molecule is CC(=NN=C1NC(=O)CC(C(=O)Nc2ccc(C(=O)O)cc2)S1)c1ccc(F)cc1. The van der Waals surface area contributed by atoms with Crippen LogP contribution in [0.4, 0.5) is 10.1 Å². The third-order valence-corrected chi connectivity index (χ3v) is 5.19. The minimum absolute atomic E-state index is 0.0383. The van der Waals surface area contributed by atoms with Crippen molar-refractivity contribution in [3.8, 4) is 0 Å². The molecule has 1 aliphatic heterocycles. The number of hydrogen-bond acceptors (Lipinski definition) is 6. The van der Waals surface area contributed by atoms with Crippen molar-refractivity contribution in [2.24, 2.45) is 10.2 Å².